The molecule has 0 N–H and O–H groups in total. The highest BCUT2D eigenvalue weighted by Gasteiger charge is 2.15. The summed E-state index contributed by atoms with van der Waals surface area (Å²) in [6.07, 6.45) is 6.00. The van der Waals surface area contributed by atoms with Gasteiger partial charge in [-0.3, -0.25) is 0 Å². The van der Waals surface area contributed by atoms with Crippen molar-refractivity contribution < 1.29 is 9.47 Å². The van der Waals surface area contributed by atoms with E-state index in [1.165, 1.54) is 5.57 Å². The van der Waals surface area contributed by atoms with E-state index in [-0.39, 0.29) is 0 Å². The van der Waals surface area contributed by atoms with Gasteiger partial charge in [-0.2, -0.15) is 5.10 Å². The minimum Gasteiger partial charge on any atom is -0.481 e. The number of anilines is 1. The van der Waals surface area contributed by atoms with Crippen LogP contribution in [0.2, 0.25) is 0 Å². The zero-order chi connectivity index (χ0) is 20.1. The summed E-state index contributed by atoms with van der Waals surface area (Å²) in [4.78, 5) is 6.64. The molecule has 0 bridgehead atoms. The van der Waals surface area contributed by atoms with Gasteiger partial charge in [0.25, 0.3) is 0 Å². The van der Waals surface area contributed by atoms with Crippen LogP contribution < -0.4 is 14.4 Å². The number of pyridine rings is 1. The molecule has 3 aromatic rings. The number of piperidine rings is 1. The van der Waals surface area contributed by atoms with Crippen LogP contribution >= 0.6 is 0 Å². The summed E-state index contributed by atoms with van der Waals surface area (Å²) in [7, 11) is 1.61. The van der Waals surface area contributed by atoms with Crippen molar-refractivity contribution in [3.05, 3.63) is 71.6 Å². The summed E-state index contributed by atoms with van der Waals surface area (Å²) >= 11 is 0. The fourth-order valence-electron chi connectivity index (χ4n) is 3.41. The Hall–Kier alpha value is -3.41. The fourth-order valence-corrected chi connectivity index (χ4v) is 3.41. The van der Waals surface area contributed by atoms with Crippen molar-refractivity contribution in [2.24, 2.45) is 0 Å². The molecule has 0 spiro atoms. The predicted molar refractivity (Wildman–Crippen MR) is 113 cm³/mol. The van der Waals surface area contributed by atoms with Gasteiger partial charge in [0.15, 0.2) is 5.82 Å². The van der Waals surface area contributed by atoms with Crippen LogP contribution in [0.25, 0.3) is 6.08 Å². The van der Waals surface area contributed by atoms with E-state index >= 15 is 0 Å². The first-order valence-electron chi connectivity index (χ1n) is 9.73. The smallest absolute Gasteiger partial charge is 0.213 e. The summed E-state index contributed by atoms with van der Waals surface area (Å²) in [5.41, 5.74) is 3.37. The molecule has 1 aliphatic rings. The van der Waals surface area contributed by atoms with Gasteiger partial charge in [0.2, 0.25) is 5.88 Å². The van der Waals surface area contributed by atoms with Crippen LogP contribution in [0.5, 0.6) is 17.4 Å². The number of methoxy groups -OCH3 is 1. The lowest BCUT2D eigenvalue weighted by molar-refractivity contribution is 0.393. The molecule has 0 aliphatic carbocycles. The maximum absolute atomic E-state index is 6.04. The highest BCUT2D eigenvalue weighted by atomic mass is 16.5. The monoisotopic (exact) mass is 388 g/mol. The average Bonchev–Trinajstić information content (AvgIpc) is 2.76. The maximum atomic E-state index is 6.04. The minimum atomic E-state index is 0.584. The molecule has 4 rings (SSSR count). The second-order valence-corrected chi connectivity index (χ2v) is 6.98. The number of aromatic nitrogens is 3. The Morgan fingerprint density at radius 1 is 1.03 bits per heavy atom. The van der Waals surface area contributed by atoms with Gasteiger partial charge in [-0.25, -0.2) is 4.98 Å². The fraction of sp³-hybridized carbons (Fsp3) is 0.261. The van der Waals surface area contributed by atoms with Crippen molar-refractivity contribution in [3.63, 3.8) is 0 Å². The first-order valence-corrected chi connectivity index (χ1v) is 9.73. The largest absolute Gasteiger partial charge is 0.481 e. The number of nitrogens with zero attached hydrogens (tertiary/aromatic N) is 4. The number of rotatable bonds is 5. The zero-order valence-corrected chi connectivity index (χ0v) is 16.7. The van der Waals surface area contributed by atoms with Gasteiger partial charge in [0.05, 0.1) is 12.8 Å². The Balaban J connectivity index is 1.43. The molecule has 148 valence electrons. The third-order valence-corrected chi connectivity index (χ3v) is 4.97. The van der Waals surface area contributed by atoms with Gasteiger partial charge in [-0.05, 0) is 55.7 Å². The molecule has 0 amide bonds. The second-order valence-electron chi connectivity index (χ2n) is 6.98. The number of hydrogen-bond donors (Lipinski definition) is 0. The van der Waals surface area contributed by atoms with Gasteiger partial charge >= 0.3 is 0 Å². The molecule has 2 aromatic heterocycles. The molecular weight excluding hydrogens is 364 g/mol. The summed E-state index contributed by atoms with van der Waals surface area (Å²) in [6.45, 7) is 3.82. The molecule has 0 radical (unpaired) electrons. The van der Waals surface area contributed by atoms with E-state index in [4.69, 9.17) is 9.47 Å². The van der Waals surface area contributed by atoms with E-state index in [2.05, 4.69) is 38.3 Å². The first kappa shape index (κ1) is 18.9. The lowest BCUT2D eigenvalue weighted by atomic mass is 10.0. The Bertz CT molecular complexity index is 995. The standard InChI is InChI=1S/C23H24N4O2/c1-17-21(8-9-23(25-17)28-2)29-20-6-3-5-19(16-20)15-18-10-13-27(14-11-18)22-7-4-12-24-26-22/h3-9,12,15-16H,10-11,13-14H2,1-2H3. The topological polar surface area (TPSA) is 60.4 Å². The van der Waals surface area contributed by atoms with E-state index in [1.54, 1.807) is 19.4 Å². The molecular formula is C23H24N4O2. The summed E-state index contributed by atoms with van der Waals surface area (Å²) in [5.74, 6) is 3.06. The SMILES string of the molecule is COc1ccc(Oc2cccc(C=C3CCN(c4cccnn4)CC3)c2)c(C)n1. The van der Waals surface area contributed by atoms with Crippen LogP contribution in [0.1, 0.15) is 24.1 Å². The summed E-state index contributed by atoms with van der Waals surface area (Å²) in [6, 6.07) is 15.8. The van der Waals surface area contributed by atoms with E-state index in [9.17, 15) is 0 Å². The van der Waals surface area contributed by atoms with Crippen LogP contribution in [0.4, 0.5) is 5.82 Å². The molecule has 3 heterocycles. The van der Waals surface area contributed by atoms with Gasteiger partial charge in [0.1, 0.15) is 11.5 Å². The summed E-state index contributed by atoms with van der Waals surface area (Å²) in [5, 5.41) is 8.18. The molecule has 1 saturated heterocycles. The van der Waals surface area contributed by atoms with Crippen LogP contribution in [-0.4, -0.2) is 35.4 Å². The minimum absolute atomic E-state index is 0.584. The third-order valence-electron chi connectivity index (χ3n) is 4.97. The molecule has 1 aliphatic heterocycles. The van der Waals surface area contributed by atoms with Crippen molar-refractivity contribution in [2.45, 2.75) is 19.8 Å². The predicted octanol–water partition coefficient (Wildman–Crippen LogP) is 4.66. The second kappa shape index (κ2) is 8.73. The van der Waals surface area contributed by atoms with Gasteiger partial charge in [0, 0.05) is 25.4 Å². The molecule has 0 unspecified atom stereocenters. The highest BCUT2D eigenvalue weighted by molar-refractivity contribution is 5.56. The van der Waals surface area contributed by atoms with E-state index in [1.807, 2.05) is 37.3 Å². The first-order chi connectivity index (χ1) is 14.2. The van der Waals surface area contributed by atoms with E-state index in [0.29, 0.717) is 5.88 Å². The normalized spacial score (nSPS) is 13.9. The van der Waals surface area contributed by atoms with Gasteiger partial charge in [-0.15, -0.1) is 5.10 Å². The molecule has 1 fully saturated rings. The van der Waals surface area contributed by atoms with Crippen molar-refractivity contribution in [1.29, 1.82) is 0 Å². The van der Waals surface area contributed by atoms with Crippen molar-refractivity contribution >= 4 is 11.9 Å². The highest BCUT2D eigenvalue weighted by Crippen LogP contribution is 2.28. The molecule has 0 atom stereocenters. The number of hydrogen-bond acceptors (Lipinski definition) is 6. The lowest BCUT2D eigenvalue weighted by Gasteiger charge is -2.29. The zero-order valence-electron chi connectivity index (χ0n) is 16.7. The number of ether oxygens (including phenoxy) is 2. The number of benzene rings is 1. The van der Waals surface area contributed by atoms with Crippen LogP contribution in [0.15, 0.2) is 60.3 Å². The average molecular weight is 388 g/mol. The molecule has 1 aromatic carbocycles. The van der Waals surface area contributed by atoms with Crippen LogP contribution in [0.3, 0.4) is 0 Å². The quantitative estimate of drug-likeness (QED) is 0.633. The Morgan fingerprint density at radius 3 is 2.62 bits per heavy atom. The molecule has 6 nitrogen and oxygen atoms in total. The van der Waals surface area contributed by atoms with Crippen LogP contribution in [-0.2, 0) is 0 Å². The molecule has 29 heavy (non-hydrogen) atoms. The van der Waals surface area contributed by atoms with Crippen molar-refractivity contribution in [3.8, 4) is 17.4 Å². The van der Waals surface area contributed by atoms with Gasteiger partial charge < -0.3 is 14.4 Å². The summed E-state index contributed by atoms with van der Waals surface area (Å²) < 4.78 is 11.2. The molecule has 6 heteroatoms. The van der Waals surface area contributed by atoms with Crippen LogP contribution in [0, 0.1) is 6.92 Å². The maximum Gasteiger partial charge on any atom is 0.213 e. The Morgan fingerprint density at radius 2 is 1.90 bits per heavy atom. The third kappa shape index (κ3) is 4.71. The lowest BCUT2D eigenvalue weighted by Crippen LogP contribution is -2.31. The molecule has 0 saturated carbocycles. The van der Waals surface area contributed by atoms with E-state index in [0.717, 1.165) is 54.5 Å². The Labute approximate surface area is 170 Å². The van der Waals surface area contributed by atoms with Gasteiger partial charge in [-0.1, -0.05) is 23.8 Å². The Kier molecular flexibility index (Phi) is 5.70. The van der Waals surface area contributed by atoms with Crippen molar-refractivity contribution in [1.82, 2.24) is 15.2 Å². The van der Waals surface area contributed by atoms with E-state index < -0.39 is 0 Å². The van der Waals surface area contributed by atoms with Crippen molar-refractivity contribution in [2.75, 3.05) is 25.1 Å². The number of aryl methyl sites for hydroxylation is 1.